The third-order valence-corrected chi connectivity index (χ3v) is 4.46. The second-order valence-electron chi connectivity index (χ2n) is 6.26. The Labute approximate surface area is 141 Å². The van der Waals surface area contributed by atoms with Crippen molar-refractivity contribution in [1.82, 2.24) is 0 Å². The van der Waals surface area contributed by atoms with Crippen LogP contribution in [0.2, 0.25) is 0 Å². The summed E-state index contributed by atoms with van der Waals surface area (Å²) in [4.78, 5) is 24.0. The summed E-state index contributed by atoms with van der Waals surface area (Å²) in [5.74, 6) is -0.813. The van der Waals surface area contributed by atoms with Gasteiger partial charge in [-0.3, -0.25) is 4.79 Å². The Balaban J connectivity index is 1.55. The van der Waals surface area contributed by atoms with E-state index in [-0.39, 0.29) is 12.5 Å². The van der Waals surface area contributed by atoms with Crippen molar-refractivity contribution < 1.29 is 14.3 Å². The highest BCUT2D eigenvalue weighted by atomic mass is 16.5. The Bertz CT molecular complexity index is 795. The first-order valence-corrected chi connectivity index (χ1v) is 8.19. The third kappa shape index (κ3) is 3.65. The number of carbonyl (C=O) groups excluding carboxylic acids is 2. The van der Waals surface area contributed by atoms with Crippen LogP contribution >= 0.6 is 0 Å². The quantitative estimate of drug-likeness (QED) is 0.875. The lowest BCUT2D eigenvalue weighted by molar-refractivity contribution is -0.119. The average Bonchev–Trinajstić information content (AvgIpc) is 3.03. The molecule has 2 aromatic carbocycles. The molecule has 1 aliphatic rings. The molecule has 1 aliphatic carbocycles. The van der Waals surface area contributed by atoms with E-state index in [9.17, 15) is 9.59 Å². The van der Waals surface area contributed by atoms with E-state index in [4.69, 9.17) is 4.74 Å². The summed E-state index contributed by atoms with van der Waals surface area (Å²) in [7, 11) is 0. The minimum absolute atomic E-state index is 0.289. The van der Waals surface area contributed by atoms with Crippen LogP contribution in [-0.2, 0) is 22.4 Å². The zero-order valence-corrected chi connectivity index (χ0v) is 14.0. The number of ether oxygens (including phenoxy) is 1. The number of hydrogen-bond donors (Lipinski definition) is 1. The van der Waals surface area contributed by atoms with Crippen LogP contribution in [0.3, 0.4) is 0 Å². The standard InChI is InChI=1S/C20H21NO3/c1-13-6-7-17(10-14(13)2)20(23)24-12-19(22)21-18-9-8-15-4-3-5-16(15)11-18/h6-11H,3-5,12H2,1-2H3,(H,21,22). The van der Waals surface area contributed by atoms with Gasteiger partial charge in [-0.2, -0.15) is 0 Å². The third-order valence-electron chi connectivity index (χ3n) is 4.46. The molecule has 1 N–H and O–H groups in total. The van der Waals surface area contributed by atoms with Gasteiger partial charge in [-0.05, 0) is 79.6 Å². The lowest BCUT2D eigenvalue weighted by Gasteiger charge is -2.09. The molecule has 1 amide bonds. The number of carbonyl (C=O) groups is 2. The largest absolute Gasteiger partial charge is 0.452 e. The molecule has 0 spiro atoms. The maximum atomic E-state index is 12.0. The number of anilines is 1. The number of esters is 1. The molecule has 3 rings (SSSR count). The van der Waals surface area contributed by atoms with Crippen LogP contribution in [0.4, 0.5) is 5.69 Å². The van der Waals surface area contributed by atoms with Crippen molar-refractivity contribution in [3.05, 3.63) is 64.2 Å². The maximum absolute atomic E-state index is 12.0. The lowest BCUT2D eigenvalue weighted by Crippen LogP contribution is -2.21. The van der Waals surface area contributed by atoms with Gasteiger partial charge in [0.15, 0.2) is 6.61 Å². The molecule has 0 bridgehead atoms. The van der Waals surface area contributed by atoms with Gasteiger partial charge in [0.1, 0.15) is 0 Å². The van der Waals surface area contributed by atoms with Crippen molar-refractivity contribution in [2.24, 2.45) is 0 Å². The molecular weight excluding hydrogens is 302 g/mol. The average molecular weight is 323 g/mol. The van der Waals surface area contributed by atoms with E-state index in [1.165, 1.54) is 17.5 Å². The van der Waals surface area contributed by atoms with Gasteiger partial charge in [0.2, 0.25) is 0 Å². The fraction of sp³-hybridized carbons (Fsp3) is 0.300. The van der Waals surface area contributed by atoms with Crippen molar-refractivity contribution in [1.29, 1.82) is 0 Å². The first kappa shape index (κ1) is 16.2. The Morgan fingerprint density at radius 1 is 1.00 bits per heavy atom. The minimum Gasteiger partial charge on any atom is -0.452 e. The second kappa shape index (κ2) is 6.87. The molecule has 124 valence electrons. The summed E-state index contributed by atoms with van der Waals surface area (Å²) >= 11 is 0. The van der Waals surface area contributed by atoms with E-state index in [1.807, 2.05) is 32.0 Å². The van der Waals surface area contributed by atoms with Gasteiger partial charge in [0, 0.05) is 5.69 Å². The van der Waals surface area contributed by atoms with Crippen LogP contribution in [0.15, 0.2) is 36.4 Å². The first-order chi connectivity index (χ1) is 11.5. The van der Waals surface area contributed by atoms with Gasteiger partial charge < -0.3 is 10.1 Å². The molecule has 0 aliphatic heterocycles. The molecule has 0 aromatic heterocycles. The fourth-order valence-corrected chi connectivity index (χ4v) is 2.93. The van der Waals surface area contributed by atoms with Gasteiger partial charge in [-0.15, -0.1) is 0 Å². The van der Waals surface area contributed by atoms with E-state index >= 15 is 0 Å². The number of rotatable bonds is 4. The molecule has 0 unspecified atom stereocenters. The summed E-state index contributed by atoms with van der Waals surface area (Å²) in [5, 5.41) is 2.78. The molecule has 0 saturated carbocycles. The highest BCUT2D eigenvalue weighted by molar-refractivity contribution is 5.95. The van der Waals surface area contributed by atoms with Gasteiger partial charge in [0.25, 0.3) is 5.91 Å². The van der Waals surface area contributed by atoms with Crippen molar-refractivity contribution in [3.8, 4) is 0 Å². The zero-order valence-electron chi connectivity index (χ0n) is 14.0. The van der Waals surface area contributed by atoms with Crippen LogP contribution < -0.4 is 5.32 Å². The van der Waals surface area contributed by atoms with E-state index < -0.39 is 5.97 Å². The van der Waals surface area contributed by atoms with Crippen molar-refractivity contribution in [2.75, 3.05) is 11.9 Å². The molecule has 0 radical (unpaired) electrons. The number of benzene rings is 2. The van der Waals surface area contributed by atoms with Crippen molar-refractivity contribution in [2.45, 2.75) is 33.1 Å². The Hall–Kier alpha value is -2.62. The van der Waals surface area contributed by atoms with Gasteiger partial charge in [-0.25, -0.2) is 4.79 Å². The van der Waals surface area contributed by atoms with Crippen LogP contribution in [0.5, 0.6) is 0 Å². The summed E-state index contributed by atoms with van der Waals surface area (Å²) in [6.45, 7) is 3.63. The predicted molar refractivity (Wildman–Crippen MR) is 93.3 cm³/mol. The Morgan fingerprint density at radius 3 is 2.58 bits per heavy atom. The number of nitrogens with one attached hydrogen (secondary N) is 1. The molecule has 0 saturated heterocycles. The van der Waals surface area contributed by atoms with Gasteiger partial charge in [-0.1, -0.05) is 12.1 Å². The van der Waals surface area contributed by atoms with Crippen molar-refractivity contribution in [3.63, 3.8) is 0 Å². The number of amides is 1. The van der Waals surface area contributed by atoms with Gasteiger partial charge in [0.05, 0.1) is 5.56 Å². The Morgan fingerprint density at radius 2 is 1.79 bits per heavy atom. The Kier molecular flexibility index (Phi) is 4.65. The predicted octanol–water partition coefficient (Wildman–Crippen LogP) is 3.59. The SMILES string of the molecule is Cc1ccc(C(=O)OCC(=O)Nc2ccc3c(c2)CCC3)cc1C. The van der Waals surface area contributed by atoms with Crippen LogP contribution in [0.25, 0.3) is 0 Å². The summed E-state index contributed by atoms with van der Waals surface area (Å²) in [6, 6.07) is 11.3. The summed E-state index contributed by atoms with van der Waals surface area (Å²) in [6.07, 6.45) is 3.33. The maximum Gasteiger partial charge on any atom is 0.338 e. The highest BCUT2D eigenvalue weighted by Crippen LogP contribution is 2.24. The number of hydrogen-bond acceptors (Lipinski definition) is 3. The van der Waals surface area contributed by atoms with Gasteiger partial charge >= 0.3 is 5.97 Å². The van der Waals surface area contributed by atoms with E-state index in [1.54, 1.807) is 12.1 Å². The molecule has 0 heterocycles. The van der Waals surface area contributed by atoms with E-state index in [0.717, 1.165) is 29.7 Å². The van der Waals surface area contributed by atoms with Crippen LogP contribution in [0.1, 0.15) is 39.0 Å². The molecule has 4 heteroatoms. The highest BCUT2D eigenvalue weighted by Gasteiger charge is 2.13. The number of fused-ring (bicyclic) bond motifs is 1. The second-order valence-corrected chi connectivity index (χ2v) is 6.26. The molecule has 4 nitrogen and oxygen atoms in total. The minimum atomic E-state index is -0.484. The molecule has 24 heavy (non-hydrogen) atoms. The smallest absolute Gasteiger partial charge is 0.338 e. The summed E-state index contributed by atoms with van der Waals surface area (Å²) < 4.78 is 5.10. The van der Waals surface area contributed by atoms with E-state index in [0.29, 0.717) is 5.56 Å². The normalized spacial score (nSPS) is 12.6. The molecule has 0 atom stereocenters. The molecular formula is C20H21NO3. The zero-order chi connectivity index (χ0) is 17.1. The lowest BCUT2D eigenvalue weighted by atomic mass is 10.1. The van der Waals surface area contributed by atoms with Crippen molar-refractivity contribution >= 4 is 17.6 Å². The van der Waals surface area contributed by atoms with Crippen LogP contribution in [-0.4, -0.2) is 18.5 Å². The molecule has 0 fully saturated rings. The monoisotopic (exact) mass is 323 g/mol. The summed E-state index contributed by atoms with van der Waals surface area (Å²) in [5.41, 5.74) is 5.99. The fourth-order valence-electron chi connectivity index (χ4n) is 2.93. The topological polar surface area (TPSA) is 55.4 Å². The number of aryl methyl sites for hydroxylation is 4. The van der Waals surface area contributed by atoms with E-state index in [2.05, 4.69) is 11.4 Å². The molecule has 2 aromatic rings. The van der Waals surface area contributed by atoms with Crippen LogP contribution in [0, 0.1) is 13.8 Å². The first-order valence-electron chi connectivity index (χ1n) is 8.19.